The fourth-order valence-electron chi connectivity index (χ4n) is 2.68. The first-order chi connectivity index (χ1) is 10.1. The molecule has 2 N–H and O–H groups in total. The van der Waals surface area contributed by atoms with Crippen molar-refractivity contribution >= 4 is 11.6 Å². The predicted octanol–water partition coefficient (Wildman–Crippen LogP) is 2.93. The minimum absolute atomic E-state index is 0.000811. The summed E-state index contributed by atoms with van der Waals surface area (Å²) in [6.45, 7) is 2.04. The largest absolute Gasteiger partial charge is 0.395 e. The summed E-state index contributed by atoms with van der Waals surface area (Å²) in [7, 11) is 0. The normalized spacial score (nSPS) is 20.7. The van der Waals surface area contributed by atoms with Gasteiger partial charge in [0.25, 0.3) is 0 Å². The van der Waals surface area contributed by atoms with E-state index in [1.165, 1.54) is 12.1 Å². The summed E-state index contributed by atoms with van der Waals surface area (Å²) in [6, 6.07) is 4.39. The molecule has 0 radical (unpaired) electrons. The van der Waals surface area contributed by atoms with E-state index >= 15 is 0 Å². The molecule has 2 atom stereocenters. The Morgan fingerprint density at radius 1 is 1.48 bits per heavy atom. The van der Waals surface area contributed by atoms with E-state index in [0.29, 0.717) is 18.0 Å². The third kappa shape index (κ3) is 4.05. The van der Waals surface area contributed by atoms with E-state index in [0.717, 1.165) is 19.3 Å². The van der Waals surface area contributed by atoms with Crippen LogP contribution in [0.3, 0.4) is 0 Å². The van der Waals surface area contributed by atoms with Crippen molar-refractivity contribution in [3.05, 3.63) is 29.6 Å². The SMILES string of the molecule is CC1CCCC1C(=O)Nc1ccc(F)c(C#CCCO)c1. The van der Waals surface area contributed by atoms with Gasteiger partial charge in [-0.3, -0.25) is 4.79 Å². The highest BCUT2D eigenvalue weighted by molar-refractivity contribution is 5.93. The maximum absolute atomic E-state index is 13.6. The first-order valence-electron chi connectivity index (χ1n) is 7.32. The van der Waals surface area contributed by atoms with Crippen molar-refractivity contribution < 1.29 is 14.3 Å². The second kappa shape index (κ2) is 7.24. The van der Waals surface area contributed by atoms with Gasteiger partial charge in [0.2, 0.25) is 5.91 Å². The molecule has 0 aliphatic heterocycles. The maximum Gasteiger partial charge on any atom is 0.227 e. The Hall–Kier alpha value is -1.86. The highest BCUT2D eigenvalue weighted by Gasteiger charge is 2.29. The molecule has 1 aromatic carbocycles. The van der Waals surface area contributed by atoms with E-state index in [9.17, 15) is 9.18 Å². The fraction of sp³-hybridized carbons (Fsp3) is 0.471. The minimum Gasteiger partial charge on any atom is -0.395 e. The van der Waals surface area contributed by atoms with Crippen LogP contribution in [0.2, 0.25) is 0 Å². The van der Waals surface area contributed by atoms with Gasteiger partial charge in [-0.2, -0.15) is 0 Å². The van der Waals surface area contributed by atoms with E-state index in [4.69, 9.17) is 5.11 Å². The number of nitrogens with one attached hydrogen (secondary N) is 1. The molecule has 0 bridgehead atoms. The molecule has 1 saturated carbocycles. The number of halogens is 1. The van der Waals surface area contributed by atoms with Crippen LogP contribution in [-0.2, 0) is 4.79 Å². The van der Waals surface area contributed by atoms with Crippen LogP contribution in [-0.4, -0.2) is 17.6 Å². The van der Waals surface area contributed by atoms with Crippen LogP contribution in [0.4, 0.5) is 10.1 Å². The van der Waals surface area contributed by atoms with Crippen molar-refractivity contribution in [2.24, 2.45) is 11.8 Å². The van der Waals surface area contributed by atoms with Crippen molar-refractivity contribution in [3.63, 3.8) is 0 Å². The third-order valence-corrected chi connectivity index (χ3v) is 3.89. The summed E-state index contributed by atoms with van der Waals surface area (Å²) in [5.74, 6) is 5.37. The van der Waals surface area contributed by atoms with Gasteiger partial charge in [0, 0.05) is 18.0 Å². The van der Waals surface area contributed by atoms with Crippen LogP contribution >= 0.6 is 0 Å². The third-order valence-electron chi connectivity index (χ3n) is 3.89. The van der Waals surface area contributed by atoms with Gasteiger partial charge >= 0.3 is 0 Å². The van der Waals surface area contributed by atoms with Crippen LogP contribution in [0.25, 0.3) is 0 Å². The summed E-state index contributed by atoms with van der Waals surface area (Å²) in [6.07, 6.45) is 3.38. The van der Waals surface area contributed by atoms with Crippen LogP contribution in [0.15, 0.2) is 18.2 Å². The molecule has 21 heavy (non-hydrogen) atoms. The molecule has 0 saturated heterocycles. The van der Waals surface area contributed by atoms with Crippen molar-refractivity contribution in [3.8, 4) is 11.8 Å². The Morgan fingerprint density at radius 2 is 2.29 bits per heavy atom. The van der Waals surface area contributed by atoms with Gasteiger partial charge in [0.05, 0.1) is 12.2 Å². The van der Waals surface area contributed by atoms with Crippen molar-refractivity contribution in [1.29, 1.82) is 0 Å². The number of carbonyl (C=O) groups excluding carboxylic acids is 1. The highest BCUT2D eigenvalue weighted by atomic mass is 19.1. The number of hydrogen-bond donors (Lipinski definition) is 2. The lowest BCUT2D eigenvalue weighted by Crippen LogP contribution is -2.24. The van der Waals surface area contributed by atoms with Gasteiger partial charge in [0.15, 0.2) is 0 Å². The number of aliphatic hydroxyl groups excluding tert-OH is 1. The maximum atomic E-state index is 13.6. The molecule has 0 heterocycles. The van der Waals surface area contributed by atoms with Gasteiger partial charge in [-0.15, -0.1) is 0 Å². The summed E-state index contributed by atoms with van der Waals surface area (Å²) in [5.41, 5.74) is 0.800. The van der Waals surface area contributed by atoms with E-state index in [-0.39, 0.29) is 24.0 Å². The lowest BCUT2D eigenvalue weighted by molar-refractivity contribution is -0.120. The molecule has 2 unspecified atom stereocenters. The van der Waals surface area contributed by atoms with Crippen molar-refractivity contribution in [1.82, 2.24) is 0 Å². The zero-order valence-electron chi connectivity index (χ0n) is 12.2. The summed E-state index contributed by atoms with van der Waals surface area (Å²) >= 11 is 0. The van der Waals surface area contributed by atoms with Crippen LogP contribution in [0.1, 0.15) is 38.2 Å². The summed E-state index contributed by atoms with van der Waals surface area (Å²) < 4.78 is 13.6. The Kier molecular flexibility index (Phi) is 5.35. The predicted molar refractivity (Wildman–Crippen MR) is 80.1 cm³/mol. The zero-order valence-corrected chi connectivity index (χ0v) is 12.2. The number of amides is 1. The monoisotopic (exact) mass is 289 g/mol. The Bertz CT molecular complexity index is 574. The molecule has 1 aliphatic carbocycles. The molecule has 3 nitrogen and oxygen atoms in total. The first-order valence-corrected chi connectivity index (χ1v) is 7.32. The van der Waals surface area contributed by atoms with Crippen LogP contribution < -0.4 is 5.32 Å². The molecule has 1 amide bonds. The minimum atomic E-state index is -0.423. The number of rotatable bonds is 3. The molecule has 2 rings (SSSR count). The first kappa shape index (κ1) is 15.5. The molecule has 0 aromatic heterocycles. The molecule has 112 valence electrons. The number of hydrogen-bond acceptors (Lipinski definition) is 2. The smallest absolute Gasteiger partial charge is 0.227 e. The molecule has 1 fully saturated rings. The van der Waals surface area contributed by atoms with Gasteiger partial charge in [-0.1, -0.05) is 25.2 Å². The lowest BCUT2D eigenvalue weighted by Gasteiger charge is -2.15. The Labute approximate surface area is 124 Å². The van der Waals surface area contributed by atoms with Crippen LogP contribution in [0, 0.1) is 29.5 Å². The molecule has 0 spiro atoms. The average Bonchev–Trinajstić information content (AvgIpc) is 2.89. The van der Waals surface area contributed by atoms with E-state index < -0.39 is 5.82 Å². The summed E-state index contributed by atoms with van der Waals surface area (Å²) in [5, 5.41) is 11.5. The summed E-state index contributed by atoms with van der Waals surface area (Å²) in [4.78, 5) is 12.2. The fourth-order valence-corrected chi connectivity index (χ4v) is 2.68. The second-order valence-electron chi connectivity index (χ2n) is 5.47. The Balaban J connectivity index is 2.08. The molecular formula is C17H20FNO2. The number of aliphatic hydroxyl groups is 1. The number of carbonyl (C=O) groups is 1. The van der Waals surface area contributed by atoms with Gasteiger partial charge < -0.3 is 10.4 Å². The molecular weight excluding hydrogens is 269 g/mol. The van der Waals surface area contributed by atoms with E-state index in [1.807, 2.05) is 0 Å². The molecule has 1 aliphatic rings. The Morgan fingerprint density at radius 3 is 2.95 bits per heavy atom. The molecule has 1 aromatic rings. The number of benzene rings is 1. The van der Waals surface area contributed by atoms with Crippen molar-refractivity contribution in [2.75, 3.05) is 11.9 Å². The quantitative estimate of drug-likeness (QED) is 0.841. The second-order valence-corrected chi connectivity index (χ2v) is 5.47. The molecule has 4 heteroatoms. The standard InChI is InChI=1S/C17H20FNO2/c1-12-5-4-7-15(12)17(21)19-14-8-9-16(18)13(11-14)6-2-3-10-20/h8-9,11-12,15,20H,3-5,7,10H2,1H3,(H,19,21). The van der Waals surface area contributed by atoms with Crippen molar-refractivity contribution in [2.45, 2.75) is 32.6 Å². The number of anilines is 1. The van der Waals surface area contributed by atoms with E-state index in [1.54, 1.807) is 6.07 Å². The average molecular weight is 289 g/mol. The van der Waals surface area contributed by atoms with Gasteiger partial charge in [-0.25, -0.2) is 4.39 Å². The van der Waals surface area contributed by atoms with Gasteiger partial charge in [0.1, 0.15) is 5.82 Å². The van der Waals surface area contributed by atoms with Gasteiger partial charge in [-0.05, 0) is 37.0 Å². The lowest BCUT2D eigenvalue weighted by atomic mass is 9.97. The van der Waals surface area contributed by atoms with E-state index in [2.05, 4.69) is 24.1 Å². The zero-order chi connectivity index (χ0) is 15.2. The topological polar surface area (TPSA) is 49.3 Å². The highest BCUT2D eigenvalue weighted by Crippen LogP contribution is 2.32. The van der Waals surface area contributed by atoms with Crippen LogP contribution in [0.5, 0.6) is 0 Å².